The van der Waals surface area contributed by atoms with Crippen LogP contribution in [0.2, 0.25) is 0 Å². The lowest BCUT2D eigenvalue weighted by atomic mass is 10.2. The van der Waals surface area contributed by atoms with Crippen molar-refractivity contribution in [3.05, 3.63) is 36.3 Å². The zero-order valence-corrected chi connectivity index (χ0v) is 8.54. The lowest BCUT2D eigenvalue weighted by Crippen LogP contribution is -2.16. The van der Waals surface area contributed by atoms with E-state index in [9.17, 15) is 0 Å². The molecular weight excluding hydrogens is 160 g/mol. The van der Waals surface area contributed by atoms with Crippen LogP contribution in [0.4, 0.5) is 0 Å². The van der Waals surface area contributed by atoms with Gasteiger partial charge in [-0.1, -0.05) is 12.2 Å². The molecule has 0 aromatic heterocycles. The number of allylic oxidation sites excluding steroid dienone is 2. The van der Waals surface area contributed by atoms with Gasteiger partial charge < -0.3 is 4.90 Å². The first kappa shape index (κ1) is 9.78. The van der Waals surface area contributed by atoms with Crippen molar-refractivity contribution in [1.82, 2.24) is 4.90 Å². The number of aliphatic imine (C=N–C) groups is 1. The quantitative estimate of drug-likeness (QED) is 0.631. The zero-order chi connectivity index (χ0) is 9.84. The van der Waals surface area contributed by atoms with Crippen molar-refractivity contribution in [3.8, 4) is 0 Å². The first-order chi connectivity index (χ1) is 6.20. The smallest absolute Gasteiger partial charge is 0.0879 e. The molecule has 1 aliphatic heterocycles. The summed E-state index contributed by atoms with van der Waals surface area (Å²) in [6.45, 7) is 10.9. The summed E-state index contributed by atoms with van der Waals surface area (Å²) in [6.07, 6.45) is 5.67. The molecule has 0 spiro atoms. The number of hydrogen-bond acceptors (Lipinski definition) is 2. The third kappa shape index (κ3) is 1.89. The van der Waals surface area contributed by atoms with Gasteiger partial charge in [0.1, 0.15) is 0 Å². The minimum absolute atomic E-state index is 0.979. The fraction of sp³-hybridized carbons (Fsp3) is 0.364. The Bertz CT molecular complexity index is 291. The summed E-state index contributed by atoms with van der Waals surface area (Å²) in [5, 5.41) is 0. The highest BCUT2D eigenvalue weighted by atomic mass is 15.1. The SMILES string of the molecule is C=CN=C1C=CN(CC)C1=C(C)C. The van der Waals surface area contributed by atoms with Gasteiger partial charge in [-0.25, -0.2) is 0 Å². The van der Waals surface area contributed by atoms with E-state index in [1.54, 1.807) is 6.20 Å². The second-order valence-corrected chi connectivity index (χ2v) is 3.15. The molecule has 1 rings (SSSR count). The molecule has 0 bridgehead atoms. The van der Waals surface area contributed by atoms with Gasteiger partial charge in [-0.3, -0.25) is 4.99 Å². The maximum absolute atomic E-state index is 4.22. The lowest BCUT2D eigenvalue weighted by Gasteiger charge is -2.17. The van der Waals surface area contributed by atoms with Crippen molar-refractivity contribution in [1.29, 1.82) is 0 Å². The van der Waals surface area contributed by atoms with E-state index in [4.69, 9.17) is 0 Å². The van der Waals surface area contributed by atoms with Gasteiger partial charge in [0.25, 0.3) is 0 Å². The average Bonchev–Trinajstić information content (AvgIpc) is 2.48. The summed E-state index contributed by atoms with van der Waals surface area (Å²) in [4.78, 5) is 6.41. The second kappa shape index (κ2) is 4.08. The molecule has 0 atom stereocenters. The Balaban J connectivity index is 3.06. The van der Waals surface area contributed by atoms with Crippen molar-refractivity contribution in [2.45, 2.75) is 20.8 Å². The standard InChI is InChI=1S/C11H16N2/c1-5-12-10-7-8-13(6-2)11(10)9(3)4/h5,7-8H,1,6H2,2-4H3. The maximum atomic E-state index is 4.22. The molecule has 0 aromatic rings. The first-order valence-corrected chi connectivity index (χ1v) is 4.52. The van der Waals surface area contributed by atoms with Crippen molar-refractivity contribution < 1.29 is 0 Å². The van der Waals surface area contributed by atoms with Gasteiger partial charge in [0.15, 0.2) is 0 Å². The van der Waals surface area contributed by atoms with E-state index < -0.39 is 0 Å². The van der Waals surface area contributed by atoms with E-state index in [1.807, 2.05) is 6.08 Å². The summed E-state index contributed by atoms with van der Waals surface area (Å²) >= 11 is 0. The Kier molecular flexibility index (Phi) is 3.07. The van der Waals surface area contributed by atoms with Crippen LogP contribution in [0, 0.1) is 0 Å². The van der Waals surface area contributed by atoms with E-state index in [0.717, 1.165) is 12.3 Å². The molecule has 13 heavy (non-hydrogen) atoms. The highest BCUT2D eigenvalue weighted by molar-refractivity contribution is 6.10. The van der Waals surface area contributed by atoms with Crippen molar-refractivity contribution in [3.63, 3.8) is 0 Å². The zero-order valence-electron chi connectivity index (χ0n) is 8.54. The Hall–Kier alpha value is -1.31. The van der Waals surface area contributed by atoms with Gasteiger partial charge in [0, 0.05) is 18.9 Å². The first-order valence-electron chi connectivity index (χ1n) is 4.52. The third-order valence-corrected chi connectivity index (χ3v) is 1.99. The van der Waals surface area contributed by atoms with Crippen LogP contribution < -0.4 is 0 Å². The van der Waals surface area contributed by atoms with E-state index in [1.165, 1.54) is 11.3 Å². The summed E-state index contributed by atoms with van der Waals surface area (Å²) in [5.74, 6) is 0. The average molecular weight is 176 g/mol. The number of rotatable bonds is 2. The molecule has 1 aliphatic rings. The van der Waals surface area contributed by atoms with Crippen LogP contribution >= 0.6 is 0 Å². The predicted molar refractivity (Wildman–Crippen MR) is 57.5 cm³/mol. The highest BCUT2D eigenvalue weighted by Gasteiger charge is 2.16. The number of nitrogens with zero attached hydrogens (tertiary/aromatic N) is 2. The molecule has 1 heterocycles. The topological polar surface area (TPSA) is 15.6 Å². The molecule has 70 valence electrons. The molecule has 0 saturated heterocycles. The summed E-state index contributed by atoms with van der Waals surface area (Å²) in [6, 6.07) is 0. The van der Waals surface area contributed by atoms with E-state index >= 15 is 0 Å². The van der Waals surface area contributed by atoms with E-state index in [-0.39, 0.29) is 0 Å². The minimum Gasteiger partial charge on any atom is -0.346 e. The fourth-order valence-electron chi connectivity index (χ4n) is 1.47. The highest BCUT2D eigenvalue weighted by Crippen LogP contribution is 2.19. The van der Waals surface area contributed by atoms with Gasteiger partial charge >= 0.3 is 0 Å². The summed E-state index contributed by atoms with van der Waals surface area (Å²) < 4.78 is 0. The Morgan fingerprint density at radius 1 is 1.62 bits per heavy atom. The molecule has 0 amide bonds. The van der Waals surface area contributed by atoms with Gasteiger partial charge in [-0.05, 0) is 26.8 Å². The number of hydrogen-bond donors (Lipinski definition) is 0. The fourth-order valence-corrected chi connectivity index (χ4v) is 1.47. The van der Waals surface area contributed by atoms with Crippen molar-refractivity contribution in [2.75, 3.05) is 6.54 Å². The lowest BCUT2D eigenvalue weighted by molar-refractivity contribution is 0.520. The van der Waals surface area contributed by atoms with Gasteiger partial charge in [-0.15, -0.1) is 0 Å². The van der Waals surface area contributed by atoms with Crippen LogP contribution in [-0.4, -0.2) is 17.2 Å². The van der Waals surface area contributed by atoms with E-state index in [2.05, 4.69) is 43.4 Å². The van der Waals surface area contributed by atoms with Gasteiger partial charge in [0.2, 0.25) is 0 Å². The molecule has 0 N–H and O–H groups in total. The molecule has 0 unspecified atom stereocenters. The molecule has 0 fully saturated rings. The molecule has 2 nitrogen and oxygen atoms in total. The Morgan fingerprint density at radius 3 is 2.77 bits per heavy atom. The Labute approximate surface area is 80.0 Å². The van der Waals surface area contributed by atoms with Crippen molar-refractivity contribution in [2.24, 2.45) is 4.99 Å². The Morgan fingerprint density at radius 2 is 2.31 bits per heavy atom. The third-order valence-electron chi connectivity index (χ3n) is 1.99. The van der Waals surface area contributed by atoms with Crippen LogP contribution in [0.25, 0.3) is 0 Å². The van der Waals surface area contributed by atoms with Gasteiger partial charge in [-0.2, -0.15) is 0 Å². The van der Waals surface area contributed by atoms with Crippen LogP contribution in [0.5, 0.6) is 0 Å². The molecule has 0 aliphatic carbocycles. The monoisotopic (exact) mass is 176 g/mol. The molecule has 2 heteroatoms. The largest absolute Gasteiger partial charge is 0.346 e. The van der Waals surface area contributed by atoms with Crippen LogP contribution in [0.3, 0.4) is 0 Å². The molecular formula is C11H16N2. The summed E-state index contributed by atoms with van der Waals surface area (Å²) in [5.41, 5.74) is 3.51. The molecule has 0 radical (unpaired) electrons. The minimum atomic E-state index is 0.979. The normalized spacial score (nSPS) is 18.5. The maximum Gasteiger partial charge on any atom is 0.0879 e. The van der Waals surface area contributed by atoms with Crippen molar-refractivity contribution >= 4 is 5.71 Å². The second-order valence-electron chi connectivity index (χ2n) is 3.15. The van der Waals surface area contributed by atoms with Crippen LogP contribution in [-0.2, 0) is 0 Å². The molecule has 0 saturated carbocycles. The van der Waals surface area contributed by atoms with Gasteiger partial charge in [0.05, 0.1) is 11.4 Å². The molecule has 0 aromatic carbocycles. The predicted octanol–water partition coefficient (Wildman–Crippen LogP) is 2.71. The summed E-state index contributed by atoms with van der Waals surface area (Å²) in [7, 11) is 0. The van der Waals surface area contributed by atoms with E-state index in [0.29, 0.717) is 0 Å². The van der Waals surface area contributed by atoms with Crippen LogP contribution in [0.15, 0.2) is 41.3 Å². The van der Waals surface area contributed by atoms with Crippen LogP contribution in [0.1, 0.15) is 20.8 Å².